The van der Waals surface area contributed by atoms with Crippen LogP contribution in [0.5, 0.6) is 0 Å². The Hall–Kier alpha value is -0.290. The third-order valence-electron chi connectivity index (χ3n) is 3.42. The van der Waals surface area contributed by atoms with Crippen molar-refractivity contribution in [3.63, 3.8) is 0 Å². The maximum absolute atomic E-state index is 12.3. The van der Waals surface area contributed by atoms with Gasteiger partial charge in [-0.1, -0.05) is 11.6 Å². The Kier molecular flexibility index (Phi) is 6.12. The molecule has 2 unspecified atom stereocenters. The Labute approximate surface area is 133 Å². The van der Waals surface area contributed by atoms with Gasteiger partial charge in [-0.3, -0.25) is 4.79 Å². The van der Waals surface area contributed by atoms with E-state index in [-0.39, 0.29) is 24.4 Å². The molecule has 1 heterocycles. The summed E-state index contributed by atoms with van der Waals surface area (Å²) in [6.45, 7) is 3.51. The number of rotatable bonds is 2. The van der Waals surface area contributed by atoms with Gasteiger partial charge >= 0.3 is 0 Å². The van der Waals surface area contributed by atoms with Crippen LogP contribution in [0.15, 0.2) is 22.7 Å². The summed E-state index contributed by atoms with van der Waals surface area (Å²) in [5, 5.41) is 0.559. The lowest BCUT2D eigenvalue weighted by atomic mass is 10.0. The molecule has 2 atom stereocenters. The summed E-state index contributed by atoms with van der Waals surface area (Å²) in [5.74, 6) is 0.437. The molecule has 1 aliphatic rings. The fourth-order valence-electron chi connectivity index (χ4n) is 2.21. The second kappa shape index (κ2) is 6.93. The first-order chi connectivity index (χ1) is 8.49. The molecule has 3 nitrogen and oxygen atoms in total. The topological polar surface area (TPSA) is 46.3 Å². The number of hydrogen-bond acceptors (Lipinski definition) is 2. The molecule has 106 valence electrons. The smallest absolute Gasteiger partial charge is 0.253 e. The third-order valence-corrected chi connectivity index (χ3v) is 4.65. The zero-order valence-electron chi connectivity index (χ0n) is 10.6. The van der Waals surface area contributed by atoms with E-state index in [1.54, 1.807) is 18.2 Å². The van der Waals surface area contributed by atoms with Crippen LogP contribution >= 0.6 is 39.9 Å². The van der Waals surface area contributed by atoms with Gasteiger partial charge in [0.25, 0.3) is 5.91 Å². The molecule has 1 fully saturated rings. The fourth-order valence-corrected chi connectivity index (χ4v) is 2.64. The molecule has 0 radical (unpaired) electrons. The summed E-state index contributed by atoms with van der Waals surface area (Å²) in [5.41, 5.74) is 6.51. The Morgan fingerprint density at radius 1 is 1.58 bits per heavy atom. The molecule has 1 aromatic carbocycles. The standard InChI is InChI=1S/C13H16BrClN2O.ClH/c1-8(16)10-4-5-17(7-10)13(18)9-2-3-11(14)12(15)6-9;/h2-3,6,8,10H,4-5,7,16H2,1H3;1H. The van der Waals surface area contributed by atoms with Crippen molar-refractivity contribution in [2.75, 3.05) is 13.1 Å². The van der Waals surface area contributed by atoms with Crippen LogP contribution in [-0.2, 0) is 0 Å². The van der Waals surface area contributed by atoms with Crippen LogP contribution in [0, 0.1) is 5.92 Å². The van der Waals surface area contributed by atoms with Crippen LogP contribution in [0.2, 0.25) is 5.02 Å². The van der Waals surface area contributed by atoms with Gasteiger partial charge in [0.05, 0.1) is 5.02 Å². The Morgan fingerprint density at radius 3 is 2.79 bits per heavy atom. The highest BCUT2D eigenvalue weighted by Gasteiger charge is 2.29. The monoisotopic (exact) mass is 366 g/mol. The molecule has 0 spiro atoms. The van der Waals surface area contributed by atoms with Crippen LogP contribution in [-0.4, -0.2) is 29.9 Å². The predicted octanol–water partition coefficient (Wildman–Crippen LogP) is 3.33. The van der Waals surface area contributed by atoms with E-state index < -0.39 is 0 Å². The first-order valence-electron chi connectivity index (χ1n) is 5.99. The van der Waals surface area contributed by atoms with Crippen molar-refractivity contribution in [2.24, 2.45) is 11.7 Å². The van der Waals surface area contributed by atoms with Gasteiger partial charge in [0.15, 0.2) is 0 Å². The number of halogens is 3. The van der Waals surface area contributed by atoms with Gasteiger partial charge < -0.3 is 10.6 Å². The largest absolute Gasteiger partial charge is 0.338 e. The molecular weight excluding hydrogens is 351 g/mol. The number of benzene rings is 1. The molecule has 1 aliphatic heterocycles. The third kappa shape index (κ3) is 3.85. The van der Waals surface area contributed by atoms with Crippen molar-refractivity contribution in [2.45, 2.75) is 19.4 Å². The lowest BCUT2D eigenvalue weighted by molar-refractivity contribution is 0.0786. The summed E-state index contributed by atoms with van der Waals surface area (Å²) >= 11 is 9.32. The second-order valence-corrected chi connectivity index (χ2v) is 6.05. The van der Waals surface area contributed by atoms with Crippen molar-refractivity contribution < 1.29 is 4.79 Å². The zero-order chi connectivity index (χ0) is 13.3. The van der Waals surface area contributed by atoms with Crippen LogP contribution in [0.1, 0.15) is 23.7 Å². The summed E-state index contributed by atoms with van der Waals surface area (Å²) in [4.78, 5) is 14.1. The van der Waals surface area contributed by atoms with Crippen LogP contribution in [0.3, 0.4) is 0 Å². The molecule has 1 saturated heterocycles. The molecule has 1 amide bonds. The quantitative estimate of drug-likeness (QED) is 0.871. The van der Waals surface area contributed by atoms with E-state index >= 15 is 0 Å². The van der Waals surface area contributed by atoms with E-state index in [0.29, 0.717) is 16.5 Å². The van der Waals surface area contributed by atoms with E-state index in [9.17, 15) is 4.79 Å². The number of carbonyl (C=O) groups excluding carboxylic acids is 1. The van der Waals surface area contributed by atoms with Gasteiger partial charge in [0.1, 0.15) is 0 Å². The summed E-state index contributed by atoms with van der Waals surface area (Å²) < 4.78 is 0.801. The van der Waals surface area contributed by atoms with E-state index in [4.69, 9.17) is 17.3 Å². The zero-order valence-corrected chi connectivity index (χ0v) is 13.8. The normalized spacial score (nSPS) is 20.0. The molecule has 6 heteroatoms. The van der Waals surface area contributed by atoms with Gasteiger partial charge in [-0.15, -0.1) is 12.4 Å². The van der Waals surface area contributed by atoms with Crippen LogP contribution in [0.4, 0.5) is 0 Å². The maximum atomic E-state index is 12.3. The first kappa shape index (κ1) is 16.8. The minimum Gasteiger partial charge on any atom is -0.338 e. The molecule has 2 rings (SSSR count). The highest BCUT2D eigenvalue weighted by atomic mass is 79.9. The molecule has 0 aliphatic carbocycles. The molecule has 1 aromatic rings. The average molecular weight is 368 g/mol. The minimum atomic E-state index is 0. The Balaban J connectivity index is 0.00000180. The van der Waals surface area contributed by atoms with Crippen molar-refractivity contribution in [3.8, 4) is 0 Å². The number of nitrogens with zero attached hydrogens (tertiary/aromatic N) is 1. The van der Waals surface area contributed by atoms with Crippen LogP contribution in [0.25, 0.3) is 0 Å². The predicted molar refractivity (Wildman–Crippen MR) is 84.1 cm³/mol. The minimum absolute atomic E-state index is 0. The summed E-state index contributed by atoms with van der Waals surface area (Å²) in [6, 6.07) is 5.43. The van der Waals surface area contributed by atoms with E-state index in [0.717, 1.165) is 24.0 Å². The fraction of sp³-hybridized carbons (Fsp3) is 0.462. The van der Waals surface area contributed by atoms with Crippen molar-refractivity contribution in [1.29, 1.82) is 0 Å². The summed E-state index contributed by atoms with van der Waals surface area (Å²) in [6.07, 6.45) is 0.980. The van der Waals surface area contributed by atoms with Crippen molar-refractivity contribution >= 4 is 45.8 Å². The van der Waals surface area contributed by atoms with Gasteiger partial charge in [0.2, 0.25) is 0 Å². The van der Waals surface area contributed by atoms with E-state index in [2.05, 4.69) is 15.9 Å². The number of amides is 1. The van der Waals surface area contributed by atoms with Gasteiger partial charge in [-0.2, -0.15) is 0 Å². The van der Waals surface area contributed by atoms with Gasteiger partial charge in [0, 0.05) is 29.2 Å². The molecule has 0 bridgehead atoms. The maximum Gasteiger partial charge on any atom is 0.253 e. The van der Waals surface area contributed by atoms with Crippen molar-refractivity contribution in [3.05, 3.63) is 33.3 Å². The Bertz CT molecular complexity index is 468. The number of likely N-dealkylation sites (tertiary alicyclic amines) is 1. The summed E-state index contributed by atoms with van der Waals surface area (Å²) in [7, 11) is 0. The Morgan fingerprint density at radius 2 is 2.26 bits per heavy atom. The molecule has 2 N–H and O–H groups in total. The highest BCUT2D eigenvalue weighted by Crippen LogP contribution is 2.25. The highest BCUT2D eigenvalue weighted by molar-refractivity contribution is 9.10. The number of carbonyl (C=O) groups is 1. The molecule has 0 aromatic heterocycles. The average Bonchev–Trinajstić information content (AvgIpc) is 2.81. The molecule has 19 heavy (non-hydrogen) atoms. The van der Waals surface area contributed by atoms with Crippen molar-refractivity contribution in [1.82, 2.24) is 4.90 Å². The number of nitrogens with two attached hydrogens (primary N) is 1. The molecule has 0 saturated carbocycles. The van der Waals surface area contributed by atoms with Gasteiger partial charge in [-0.25, -0.2) is 0 Å². The van der Waals surface area contributed by atoms with E-state index in [1.165, 1.54) is 0 Å². The van der Waals surface area contributed by atoms with Crippen LogP contribution < -0.4 is 5.73 Å². The SMILES string of the molecule is CC(N)C1CCN(C(=O)c2ccc(Br)c(Cl)c2)C1.Cl. The second-order valence-electron chi connectivity index (χ2n) is 4.79. The lowest BCUT2D eigenvalue weighted by Crippen LogP contribution is -2.33. The molecular formula is C13H17BrCl2N2O. The lowest BCUT2D eigenvalue weighted by Gasteiger charge is -2.18. The first-order valence-corrected chi connectivity index (χ1v) is 7.16. The van der Waals surface area contributed by atoms with E-state index in [1.807, 2.05) is 11.8 Å². The van der Waals surface area contributed by atoms with Gasteiger partial charge in [-0.05, 0) is 53.4 Å². The number of hydrogen-bond donors (Lipinski definition) is 1.